The molecule has 7 heteroatoms. The quantitative estimate of drug-likeness (QED) is 0.474. The van der Waals surface area contributed by atoms with E-state index < -0.39 is 5.63 Å². The molecule has 0 saturated heterocycles. The fourth-order valence-electron chi connectivity index (χ4n) is 3.31. The number of benzene rings is 2. The Morgan fingerprint density at radius 3 is 2.38 bits per heavy atom. The number of aryl methyl sites for hydroxylation is 1. The van der Waals surface area contributed by atoms with Gasteiger partial charge in [0.05, 0.1) is 11.1 Å². The van der Waals surface area contributed by atoms with Gasteiger partial charge in [0.15, 0.2) is 5.78 Å². The summed E-state index contributed by atoms with van der Waals surface area (Å²) in [6.45, 7) is 1.59. The van der Waals surface area contributed by atoms with Crippen LogP contribution in [0.4, 0.5) is 0 Å². The number of Topliss-reactive ketones (excluding diaryl/α,β-unsaturated/α-hetero) is 1. The van der Waals surface area contributed by atoms with Crippen LogP contribution in [0.5, 0.6) is 5.75 Å². The molecule has 0 bridgehead atoms. The third kappa shape index (κ3) is 3.54. The zero-order valence-electron chi connectivity index (χ0n) is 15.6. The highest BCUT2D eigenvalue weighted by Crippen LogP contribution is 2.23. The van der Waals surface area contributed by atoms with Crippen molar-refractivity contribution in [1.29, 1.82) is 0 Å². The molecule has 7 nitrogen and oxygen atoms in total. The number of rotatable bonds is 6. The Morgan fingerprint density at radius 1 is 1.00 bits per heavy atom. The molecule has 1 aliphatic rings. The highest BCUT2D eigenvalue weighted by Gasteiger charge is 2.34. The largest absolute Gasteiger partial charge is 0.486 e. The van der Waals surface area contributed by atoms with Crippen molar-refractivity contribution in [2.45, 2.75) is 13.3 Å². The second-order valence-corrected chi connectivity index (χ2v) is 6.79. The Kier molecular flexibility index (Phi) is 4.72. The maximum absolute atomic E-state index is 12.3. The van der Waals surface area contributed by atoms with E-state index in [-0.39, 0.29) is 37.2 Å². The number of hydrogen-bond acceptors (Lipinski definition) is 6. The molecule has 0 unspecified atom stereocenters. The number of carbonyl (C=O) groups is 3. The Morgan fingerprint density at radius 2 is 1.69 bits per heavy atom. The summed E-state index contributed by atoms with van der Waals surface area (Å²) in [7, 11) is 0. The van der Waals surface area contributed by atoms with E-state index in [1.165, 1.54) is 6.07 Å². The van der Waals surface area contributed by atoms with Gasteiger partial charge in [0.25, 0.3) is 11.8 Å². The third-order valence-corrected chi connectivity index (χ3v) is 4.82. The lowest BCUT2D eigenvalue weighted by atomic mass is 10.1. The molecule has 29 heavy (non-hydrogen) atoms. The summed E-state index contributed by atoms with van der Waals surface area (Å²) in [5.41, 5.74) is 1.43. The van der Waals surface area contributed by atoms with Crippen LogP contribution in [0.15, 0.2) is 57.7 Å². The number of fused-ring (bicyclic) bond motifs is 2. The van der Waals surface area contributed by atoms with Crippen LogP contribution in [0.1, 0.15) is 32.7 Å². The zero-order chi connectivity index (χ0) is 20.5. The fourth-order valence-corrected chi connectivity index (χ4v) is 3.31. The Labute approximate surface area is 165 Å². The zero-order valence-corrected chi connectivity index (χ0v) is 15.6. The van der Waals surface area contributed by atoms with Crippen molar-refractivity contribution in [2.75, 3.05) is 13.2 Å². The first-order valence-electron chi connectivity index (χ1n) is 9.08. The normalized spacial score (nSPS) is 13.1. The van der Waals surface area contributed by atoms with Crippen LogP contribution < -0.4 is 10.4 Å². The van der Waals surface area contributed by atoms with E-state index in [4.69, 9.17) is 9.15 Å². The van der Waals surface area contributed by atoms with Crippen LogP contribution in [0.3, 0.4) is 0 Å². The van der Waals surface area contributed by atoms with Gasteiger partial charge in [-0.25, -0.2) is 4.79 Å². The topological polar surface area (TPSA) is 93.9 Å². The van der Waals surface area contributed by atoms with Crippen LogP contribution in [0.2, 0.25) is 0 Å². The van der Waals surface area contributed by atoms with E-state index in [0.29, 0.717) is 22.5 Å². The number of hydrogen-bond donors (Lipinski definition) is 0. The summed E-state index contributed by atoms with van der Waals surface area (Å²) >= 11 is 0. The number of carbonyl (C=O) groups excluding carboxylic acids is 3. The summed E-state index contributed by atoms with van der Waals surface area (Å²) in [5, 5.41) is 0.786. The standard InChI is InChI=1S/C22H17NO6/c1-13-10-20(25)29-19-11-15(6-7-16(13)19)28-12-14(24)8-9-23-21(26)17-4-2-3-5-18(17)22(23)27/h2-7,10-11H,8-9,12H2,1H3. The summed E-state index contributed by atoms with van der Waals surface area (Å²) in [6, 6.07) is 13.0. The van der Waals surface area contributed by atoms with Crippen molar-refractivity contribution < 1.29 is 23.5 Å². The molecule has 0 spiro atoms. The molecule has 0 saturated carbocycles. The van der Waals surface area contributed by atoms with Gasteiger partial charge in [-0.2, -0.15) is 0 Å². The lowest BCUT2D eigenvalue weighted by Gasteiger charge is -2.13. The van der Waals surface area contributed by atoms with Gasteiger partial charge < -0.3 is 9.15 Å². The SMILES string of the molecule is Cc1cc(=O)oc2cc(OCC(=O)CCN3C(=O)c4ccccc4C3=O)ccc12. The highest BCUT2D eigenvalue weighted by molar-refractivity contribution is 6.21. The van der Waals surface area contributed by atoms with E-state index in [0.717, 1.165) is 15.8 Å². The minimum atomic E-state index is -0.454. The van der Waals surface area contributed by atoms with Crippen LogP contribution in [-0.4, -0.2) is 35.6 Å². The van der Waals surface area contributed by atoms with Crippen molar-refractivity contribution in [3.63, 3.8) is 0 Å². The maximum Gasteiger partial charge on any atom is 0.336 e. The molecule has 146 valence electrons. The number of amides is 2. The van der Waals surface area contributed by atoms with Crippen LogP contribution in [0, 0.1) is 6.92 Å². The molecule has 0 radical (unpaired) electrons. The second kappa shape index (κ2) is 7.35. The van der Waals surface area contributed by atoms with Gasteiger partial charge in [0, 0.05) is 30.5 Å². The number of nitrogens with zero attached hydrogens (tertiary/aromatic N) is 1. The van der Waals surface area contributed by atoms with Gasteiger partial charge in [0.2, 0.25) is 0 Å². The molecule has 0 atom stereocenters. The van der Waals surface area contributed by atoms with Crippen molar-refractivity contribution in [3.8, 4) is 5.75 Å². The number of ether oxygens (including phenoxy) is 1. The summed E-state index contributed by atoms with van der Waals surface area (Å²) < 4.78 is 10.6. The second-order valence-electron chi connectivity index (χ2n) is 6.79. The third-order valence-electron chi connectivity index (χ3n) is 4.82. The number of imide groups is 1. The van der Waals surface area contributed by atoms with E-state index in [2.05, 4.69) is 0 Å². The van der Waals surface area contributed by atoms with Crippen molar-refractivity contribution in [1.82, 2.24) is 4.90 Å². The monoisotopic (exact) mass is 391 g/mol. The average Bonchev–Trinajstić information content (AvgIpc) is 2.95. The van der Waals surface area contributed by atoms with Gasteiger partial charge in [0.1, 0.15) is 17.9 Å². The summed E-state index contributed by atoms with van der Waals surface area (Å²) in [4.78, 5) is 49.4. The van der Waals surface area contributed by atoms with Crippen LogP contribution in [0.25, 0.3) is 11.0 Å². The first kappa shape index (κ1) is 18.6. The van der Waals surface area contributed by atoms with Gasteiger partial charge in [-0.15, -0.1) is 0 Å². The van der Waals surface area contributed by atoms with Gasteiger partial charge in [-0.3, -0.25) is 19.3 Å². The lowest BCUT2D eigenvalue weighted by Crippen LogP contribution is -2.32. The van der Waals surface area contributed by atoms with E-state index >= 15 is 0 Å². The molecule has 1 aliphatic heterocycles. The predicted octanol–water partition coefficient (Wildman–Crippen LogP) is 2.74. The van der Waals surface area contributed by atoms with E-state index in [1.807, 2.05) is 6.92 Å². The van der Waals surface area contributed by atoms with Crippen LogP contribution >= 0.6 is 0 Å². The molecule has 3 aromatic rings. The Bertz CT molecular complexity index is 1170. The summed E-state index contributed by atoms with van der Waals surface area (Å²) in [5.74, 6) is -0.647. The maximum atomic E-state index is 12.3. The first-order chi connectivity index (χ1) is 13.9. The molecule has 0 fully saturated rings. The molecular weight excluding hydrogens is 374 g/mol. The predicted molar refractivity (Wildman–Crippen MR) is 104 cm³/mol. The molecule has 2 heterocycles. The molecule has 1 aromatic heterocycles. The van der Waals surface area contributed by atoms with Gasteiger partial charge in [-0.05, 0) is 36.8 Å². The molecule has 2 amide bonds. The van der Waals surface area contributed by atoms with Crippen LogP contribution in [-0.2, 0) is 4.79 Å². The minimum Gasteiger partial charge on any atom is -0.486 e. The van der Waals surface area contributed by atoms with Crippen molar-refractivity contribution in [2.24, 2.45) is 0 Å². The van der Waals surface area contributed by atoms with Crippen molar-refractivity contribution in [3.05, 3.63) is 75.6 Å². The van der Waals surface area contributed by atoms with E-state index in [1.54, 1.807) is 42.5 Å². The summed E-state index contributed by atoms with van der Waals surface area (Å²) in [6.07, 6.45) is -0.00671. The average molecular weight is 391 g/mol. The highest BCUT2D eigenvalue weighted by atomic mass is 16.5. The molecule has 4 rings (SSSR count). The molecular formula is C22H17NO6. The fraction of sp³-hybridized carbons (Fsp3) is 0.182. The van der Waals surface area contributed by atoms with E-state index in [9.17, 15) is 19.2 Å². The molecule has 0 N–H and O–H groups in total. The van der Waals surface area contributed by atoms with Gasteiger partial charge >= 0.3 is 5.63 Å². The smallest absolute Gasteiger partial charge is 0.336 e. The lowest BCUT2D eigenvalue weighted by molar-refractivity contribution is -0.121. The van der Waals surface area contributed by atoms with Crippen molar-refractivity contribution >= 4 is 28.6 Å². The Balaban J connectivity index is 1.36. The Hall–Kier alpha value is -3.74. The molecule has 2 aromatic carbocycles. The number of ketones is 1. The molecule has 0 aliphatic carbocycles. The van der Waals surface area contributed by atoms with Gasteiger partial charge in [-0.1, -0.05) is 12.1 Å². The first-order valence-corrected chi connectivity index (χ1v) is 9.08. The minimum absolute atomic E-state index is 0.000328.